The summed E-state index contributed by atoms with van der Waals surface area (Å²) in [6.45, 7) is 6.21. The van der Waals surface area contributed by atoms with Crippen molar-refractivity contribution in [2.45, 2.75) is 34.1 Å². The van der Waals surface area contributed by atoms with Gasteiger partial charge in [0.1, 0.15) is 0 Å². The Morgan fingerprint density at radius 3 is 0.867 bits per heavy atom. The van der Waals surface area contributed by atoms with Crippen molar-refractivity contribution in [1.29, 1.82) is 0 Å². The number of aliphatic hydroxyl groups excluding tert-OH is 3. The average Bonchev–Trinajstić information content (AvgIpc) is 2.74. The number of carboxylic acid groups (broad SMARTS) is 3. The van der Waals surface area contributed by atoms with Gasteiger partial charge in [-0.2, -0.15) is 37.9 Å². The van der Waals surface area contributed by atoms with Gasteiger partial charge in [0.05, 0.1) is 37.6 Å². The fraction of sp³-hybridized carbons (Fsp3) is 0.833. The average molecular weight is 495 g/mol. The minimum absolute atomic E-state index is 0.156. The smallest absolute Gasteiger partial charge is 0.307 e. The van der Waals surface area contributed by atoms with E-state index in [1.54, 1.807) is 20.8 Å². The summed E-state index contributed by atoms with van der Waals surface area (Å²) in [7, 11) is 0. The maximum Gasteiger partial charge on any atom is 0.307 e. The Bertz CT molecular complexity index is 382. The molecule has 6 N–H and O–H groups in total. The molecule has 9 nitrogen and oxygen atoms in total. The summed E-state index contributed by atoms with van der Waals surface area (Å²) in [5.74, 6) is -2.06. The number of carbonyl (C=O) groups is 3. The molecule has 30 heavy (non-hydrogen) atoms. The third-order valence-corrected chi connectivity index (χ3v) is 5.49. The van der Waals surface area contributed by atoms with Crippen LogP contribution in [0, 0.1) is 23.2 Å². The molecule has 0 fully saturated rings. The molecule has 0 saturated carbocycles. The number of thiol groups is 3. The Morgan fingerprint density at radius 1 is 0.667 bits per heavy atom. The highest BCUT2D eigenvalue weighted by molar-refractivity contribution is 7.80. The van der Waals surface area contributed by atoms with E-state index in [4.69, 9.17) is 30.6 Å². The van der Waals surface area contributed by atoms with Gasteiger partial charge in [-0.05, 0) is 6.42 Å². The van der Waals surface area contributed by atoms with Crippen LogP contribution in [-0.2, 0) is 14.4 Å². The first-order chi connectivity index (χ1) is 13.8. The van der Waals surface area contributed by atoms with E-state index in [9.17, 15) is 14.4 Å². The SMILES string of the molecule is CC(CS)C(=O)O.CC(CS)C(=O)O.CC(CS)C(=O)O.CCC(CO)(CO)CO. The molecule has 0 aliphatic carbocycles. The second kappa shape index (κ2) is 23.0. The molecule has 0 aromatic heterocycles. The van der Waals surface area contributed by atoms with Crippen molar-refractivity contribution < 1.29 is 45.0 Å². The lowest BCUT2D eigenvalue weighted by atomic mass is 9.88. The molecule has 0 heterocycles. The van der Waals surface area contributed by atoms with E-state index in [0.29, 0.717) is 23.7 Å². The molecule has 0 spiro atoms. The fourth-order valence-corrected chi connectivity index (χ4v) is 1.19. The maximum absolute atomic E-state index is 9.88. The van der Waals surface area contributed by atoms with Gasteiger partial charge in [-0.1, -0.05) is 27.7 Å². The fourth-order valence-electron chi connectivity index (χ4n) is 0.720. The van der Waals surface area contributed by atoms with Gasteiger partial charge in [-0.25, -0.2) is 0 Å². The molecule has 0 aliphatic rings. The third kappa shape index (κ3) is 22.0. The highest BCUT2D eigenvalue weighted by Crippen LogP contribution is 2.18. The zero-order chi connectivity index (χ0) is 24.9. The molecule has 0 amide bonds. The molecule has 0 aromatic carbocycles. The summed E-state index contributed by atoms with van der Waals surface area (Å²) in [4.78, 5) is 29.6. The number of hydrogen-bond donors (Lipinski definition) is 9. The van der Waals surface area contributed by atoms with Gasteiger partial charge in [0, 0.05) is 22.7 Å². The highest BCUT2D eigenvalue weighted by Gasteiger charge is 2.24. The molecule has 182 valence electrons. The topological polar surface area (TPSA) is 173 Å². The summed E-state index contributed by atoms with van der Waals surface area (Å²) in [5.41, 5.74) is -0.667. The number of aliphatic carboxylic acids is 3. The molecule has 12 heteroatoms. The van der Waals surface area contributed by atoms with E-state index in [2.05, 4.69) is 37.9 Å². The van der Waals surface area contributed by atoms with Crippen LogP contribution in [0.5, 0.6) is 0 Å². The van der Waals surface area contributed by atoms with Crippen LogP contribution in [0.25, 0.3) is 0 Å². The predicted molar refractivity (Wildman–Crippen MR) is 126 cm³/mol. The molecule has 3 atom stereocenters. The quantitative estimate of drug-likeness (QED) is 0.203. The van der Waals surface area contributed by atoms with Crippen LogP contribution >= 0.6 is 37.9 Å². The lowest BCUT2D eigenvalue weighted by Gasteiger charge is -2.24. The first-order valence-corrected chi connectivity index (χ1v) is 11.0. The van der Waals surface area contributed by atoms with Crippen molar-refractivity contribution in [2.75, 3.05) is 37.1 Å². The number of hydrogen-bond acceptors (Lipinski definition) is 9. The maximum atomic E-state index is 9.88. The van der Waals surface area contributed by atoms with E-state index in [1.807, 2.05) is 6.92 Å². The second-order valence-electron chi connectivity index (χ2n) is 6.59. The lowest BCUT2D eigenvalue weighted by Crippen LogP contribution is -2.32. The van der Waals surface area contributed by atoms with Crippen molar-refractivity contribution in [2.24, 2.45) is 23.2 Å². The highest BCUT2D eigenvalue weighted by atomic mass is 32.1. The normalized spacial score (nSPS) is 13.0. The van der Waals surface area contributed by atoms with Crippen LogP contribution in [0.4, 0.5) is 0 Å². The van der Waals surface area contributed by atoms with Crippen molar-refractivity contribution in [3.05, 3.63) is 0 Å². The predicted octanol–water partition coefficient (Wildman–Crippen LogP) is 1.27. The van der Waals surface area contributed by atoms with Crippen LogP contribution in [0.15, 0.2) is 0 Å². The first kappa shape index (κ1) is 36.7. The molecule has 0 rings (SSSR count). The molecule has 0 bridgehead atoms. The van der Waals surface area contributed by atoms with Gasteiger partial charge in [-0.15, -0.1) is 0 Å². The van der Waals surface area contributed by atoms with E-state index in [0.717, 1.165) is 0 Å². The molecular formula is C18H38O9S3. The number of aliphatic hydroxyl groups is 3. The van der Waals surface area contributed by atoms with E-state index in [1.165, 1.54) is 0 Å². The van der Waals surface area contributed by atoms with Crippen LogP contribution < -0.4 is 0 Å². The van der Waals surface area contributed by atoms with Gasteiger partial charge in [0.2, 0.25) is 0 Å². The Hall–Kier alpha value is -0.660. The molecule has 0 saturated heterocycles. The van der Waals surface area contributed by atoms with Crippen molar-refractivity contribution >= 4 is 55.8 Å². The van der Waals surface area contributed by atoms with Gasteiger partial charge in [0.25, 0.3) is 0 Å². The lowest BCUT2D eigenvalue weighted by molar-refractivity contribution is -0.141. The summed E-state index contributed by atoms with van der Waals surface area (Å²) < 4.78 is 0. The minimum Gasteiger partial charge on any atom is -0.481 e. The largest absolute Gasteiger partial charge is 0.481 e. The Morgan fingerprint density at radius 2 is 0.867 bits per heavy atom. The van der Waals surface area contributed by atoms with Crippen molar-refractivity contribution in [3.63, 3.8) is 0 Å². The Labute approximate surface area is 195 Å². The van der Waals surface area contributed by atoms with Gasteiger partial charge in [0.15, 0.2) is 0 Å². The Kier molecular flexibility index (Phi) is 28.2. The molecule has 0 aromatic rings. The van der Waals surface area contributed by atoms with Gasteiger partial charge >= 0.3 is 17.9 Å². The minimum atomic E-state index is -0.782. The van der Waals surface area contributed by atoms with Crippen molar-refractivity contribution in [3.8, 4) is 0 Å². The van der Waals surface area contributed by atoms with E-state index < -0.39 is 23.3 Å². The standard InChI is InChI=1S/C6H14O3.3C4H8O2S/c1-2-6(3-7,4-8)5-9;3*1-3(2-7)4(5)6/h7-9H,2-5H2,1H3;3*3,7H,2H2,1H3,(H,5,6). The van der Waals surface area contributed by atoms with Crippen LogP contribution in [0.3, 0.4) is 0 Å². The number of rotatable bonds is 10. The van der Waals surface area contributed by atoms with Crippen LogP contribution in [0.2, 0.25) is 0 Å². The van der Waals surface area contributed by atoms with Crippen molar-refractivity contribution in [1.82, 2.24) is 0 Å². The van der Waals surface area contributed by atoms with E-state index in [-0.39, 0.29) is 37.6 Å². The third-order valence-electron chi connectivity index (χ3n) is 3.84. The second-order valence-corrected chi connectivity index (χ2v) is 7.69. The zero-order valence-electron chi connectivity index (χ0n) is 17.9. The Balaban J connectivity index is -0.000000151. The summed E-state index contributed by atoms with van der Waals surface area (Å²) in [6.07, 6.45) is 0.594. The first-order valence-electron chi connectivity index (χ1n) is 9.12. The van der Waals surface area contributed by atoms with Crippen LogP contribution in [-0.4, -0.2) is 85.6 Å². The monoisotopic (exact) mass is 494 g/mol. The molecule has 0 aliphatic heterocycles. The van der Waals surface area contributed by atoms with Crippen LogP contribution in [0.1, 0.15) is 34.1 Å². The molecule has 3 unspecified atom stereocenters. The summed E-state index contributed by atoms with van der Waals surface area (Å²) >= 11 is 11.3. The van der Waals surface area contributed by atoms with E-state index >= 15 is 0 Å². The molecule has 0 radical (unpaired) electrons. The summed E-state index contributed by atoms with van der Waals surface area (Å²) in [6, 6.07) is 0. The molecular weight excluding hydrogens is 456 g/mol. The summed E-state index contributed by atoms with van der Waals surface area (Å²) in [5, 5.41) is 50.4. The number of carboxylic acids is 3. The van der Waals surface area contributed by atoms with Gasteiger partial charge in [-0.3, -0.25) is 14.4 Å². The zero-order valence-corrected chi connectivity index (χ0v) is 20.6. The van der Waals surface area contributed by atoms with Gasteiger partial charge < -0.3 is 30.6 Å².